The summed E-state index contributed by atoms with van der Waals surface area (Å²) in [6, 6.07) is 10.0. The van der Waals surface area contributed by atoms with E-state index in [0.717, 1.165) is 22.2 Å². The molecule has 1 aliphatic heterocycles. The van der Waals surface area contributed by atoms with Gasteiger partial charge in [0.25, 0.3) is 10.0 Å². The van der Waals surface area contributed by atoms with E-state index in [0.29, 0.717) is 24.2 Å². The van der Waals surface area contributed by atoms with Crippen molar-refractivity contribution in [2.24, 2.45) is 0 Å². The van der Waals surface area contributed by atoms with E-state index < -0.39 is 10.0 Å². The number of anilines is 2. The van der Waals surface area contributed by atoms with Crippen molar-refractivity contribution in [3.63, 3.8) is 0 Å². The molecule has 0 saturated carbocycles. The maximum absolute atomic E-state index is 12.8. The van der Waals surface area contributed by atoms with Crippen LogP contribution in [-0.4, -0.2) is 20.9 Å². The molecule has 1 aromatic heterocycles. The molecule has 26 heavy (non-hydrogen) atoms. The van der Waals surface area contributed by atoms with Gasteiger partial charge in [-0.1, -0.05) is 0 Å². The minimum absolute atomic E-state index is 0.0405. The Labute approximate surface area is 151 Å². The van der Waals surface area contributed by atoms with E-state index >= 15 is 0 Å². The zero-order valence-electron chi connectivity index (χ0n) is 14.4. The molecule has 134 valence electrons. The molecule has 0 radical (unpaired) electrons. The summed E-state index contributed by atoms with van der Waals surface area (Å²) in [6.45, 7) is 4.00. The van der Waals surface area contributed by atoms with Gasteiger partial charge in [0.15, 0.2) is 0 Å². The number of rotatable bonds is 3. The second-order valence-corrected chi connectivity index (χ2v) is 8.13. The number of benzene rings is 2. The van der Waals surface area contributed by atoms with Gasteiger partial charge in [-0.05, 0) is 60.9 Å². The Morgan fingerprint density at radius 3 is 2.77 bits per heavy atom. The summed E-state index contributed by atoms with van der Waals surface area (Å²) in [6.07, 6.45) is 2.29. The number of carbonyl (C=O) groups is 1. The minimum Gasteiger partial charge on any atom is -0.464 e. The Kier molecular flexibility index (Phi) is 3.77. The largest absolute Gasteiger partial charge is 0.464 e. The number of furan rings is 1. The van der Waals surface area contributed by atoms with Crippen LogP contribution in [0.4, 0.5) is 11.4 Å². The first-order valence-corrected chi connectivity index (χ1v) is 9.75. The second-order valence-electron chi connectivity index (χ2n) is 6.45. The van der Waals surface area contributed by atoms with Gasteiger partial charge in [0.05, 0.1) is 11.2 Å². The second kappa shape index (κ2) is 5.88. The average molecular weight is 370 g/mol. The Morgan fingerprint density at radius 1 is 1.19 bits per heavy atom. The van der Waals surface area contributed by atoms with Gasteiger partial charge in [-0.2, -0.15) is 0 Å². The minimum atomic E-state index is -3.72. The Bertz CT molecular complexity index is 1130. The van der Waals surface area contributed by atoms with Crippen LogP contribution in [0.5, 0.6) is 0 Å². The van der Waals surface area contributed by atoms with Gasteiger partial charge < -0.3 is 9.32 Å². The van der Waals surface area contributed by atoms with E-state index in [9.17, 15) is 13.2 Å². The number of fused-ring (bicyclic) bond motifs is 2. The highest BCUT2D eigenvalue weighted by Crippen LogP contribution is 2.31. The summed E-state index contributed by atoms with van der Waals surface area (Å²) in [5, 5.41) is 0.872. The van der Waals surface area contributed by atoms with Crippen molar-refractivity contribution < 1.29 is 17.6 Å². The number of nitrogens with one attached hydrogen (secondary N) is 1. The lowest BCUT2D eigenvalue weighted by Crippen LogP contribution is -2.25. The van der Waals surface area contributed by atoms with Gasteiger partial charge in [-0.3, -0.25) is 9.52 Å². The lowest BCUT2D eigenvalue weighted by atomic mass is 10.2. The van der Waals surface area contributed by atoms with Gasteiger partial charge in [-0.15, -0.1) is 0 Å². The number of sulfonamides is 1. The molecule has 1 N–H and O–H groups in total. The molecule has 0 saturated heterocycles. The monoisotopic (exact) mass is 370 g/mol. The average Bonchev–Trinajstić information content (AvgIpc) is 3.18. The smallest absolute Gasteiger partial charge is 0.261 e. The van der Waals surface area contributed by atoms with Gasteiger partial charge >= 0.3 is 0 Å². The number of nitrogens with zero attached hydrogens (tertiary/aromatic N) is 1. The van der Waals surface area contributed by atoms with E-state index in [1.165, 1.54) is 13.0 Å². The summed E-state index contributed by atoms with van der Waals surface area (Å²) >= 11 is 0. The van der Waals surface area contributed by atoms with Gasteiger partial charge in [0.1, 0.15) is 5.58 Å². The quantitative estimate of drug-likeness (QED) is 0.766. The molecule has 1 amide bonds. The van der Waals surface area contributed by atoms with E-state index in [-0.39, 0.29) is 10.8 Å². The zero-order valence-corrected chi connectivity index (χ0v) is 15.3. The van der Waals surface area contributed by atoms with Crippen molar-refractivity contribution in [1.29, 1.82) is 0 Å². The van der Waals surface area contributed by atoms with Crippen molar-refractivity contribution in [3.8, 4) is 0 Å². The highest BCUT2D eigenvalue weighted by molar-refractivity contribution is 7.92. The number of hydrogen-bond acceptors (Lipinski definition) is 4. The fraction of sp³-hybridized carbons (Fsp3) is 0.211. The topological polar surface area (TPSA) is 79.6 Å². The number of carbonyl (C=O) groups excluding carboxylic acids is 1. The molecule has 0 atom stereocenters. The molecule has 0 bridgehead atoms. The maximum Gasteiger partial charge on any atom is 0.261 e. The van der Waals surface area contributed by atoms with Crippen molar-refractivity contribution in [3.05, 3.63) is 53.8 Å². The predicted octanol–water partition coefficient (Wildman–Crippen LogP) is 3.45. The fourth-order valence-corrected chi connectivity index (χ4v) is 4.41. The van der Waals surface area contributed by atoms with Crippen LogP contribution in [0.3, 0.4) is 0 Å². The van der Waals surface area contributed by atoms with E-state index in [1.54, 1.807) is 41.5 Å². The van der Waals surface area contributed by atoms with Crippen LogP contribution in [0.1, 0.15) is 18.1 Å². The van der Waals surface area contributed by atoms with E-state index in [4.69, 9.17) is 4.42 Å². The molecule has 0 unspecified atom stereocenters. The van der Waals surface area contributed by atoms with Crippen LogP contribution < -0.4 is 9.62 Å². The summed E-state index contributed by atoms with van der Waals surface area (Å²) < 4.78 is 33.5. The van der Waals surface area contributed by atoms with Crippen LogP contribution in [0.15, 0.2) is 52.0 Å². The Morgan fingerprint density at radius 2 is 2.00 bits per heavy atom. The first kappa shape index (κ1) is 16.7. The molecule has 7 heteroatoms. The standard InChI is InChI=1S/C19H18N2O4S/c1-12-11-25-19-6-3-15(10-17(12)19)20-26(23,24)16-4-5-18-14(9-16)7-8-21(18)13(2)22/h3-6,9-11,20H,7-8H2,1-2H3. The fourth-order valence-electron chi connectivity index (χ4n) is 3.31. The summed E-state index contributed by atoms with van der Waals surface area (Å²) in [4.78, 5) is 13.5. The molecule has 1 aliphatic rings. The summed E-state index contributed by atoms with van der Waals surface area (Å²) in [5.41, 5.74) is 3.79. The lowest BCUT2D eigenvalue weighted by molar-refractivity contribution is -0.116. The number of aryl methyl sites for hydroxylation is 1. The van der Waals surface area contributed by atoms with Crippen molar-refractivity contribution in [2.75, 3.05) is 16.2 Å². The van der Waals surface area contributed by atoms with Crippen LogP contribution in [0, 0.1) is 6.92 Å². The highest BCUT2D eigenvalue weighted by atomic mass is 32.2. The van der Waals surface area contributed by atoms with Crippen LogP contribution in [-0.2, 0) is 21.2 Å². The lowest BCUT2D eigenvalue weighted by Gasteiger charge is -2.15. The van der Waals surface area contributed by atoms with Gasteiger partial charge in [0.2, 0.25) is 5.91 Å². The van der Waals surface area contributed by atoms with Crippen molar-refractivity contribution in [1.82, 2.24) is 0 Å². The maximum atomic E-state index is 12.8. The molecule has 6 nitrogen and oxygen atoms in total. The zero-order chi connectivity index (χ0) is 18.5. The molecular weight excluding hydrogens is 352 g/mol. The van der Waals surface area contributed by atoms with Gasteiger partial charge in [-0.25, -0.2) is 8.42 Å². The van der Waals surface area contributed by atoms with Crippen molar-refractivity contribution >= 4 is 38.3 Å². The Balaban J connectivity index is 1.66. The van der Waals surface area contributed by atoms with E-state index in [1.807, 2.05) is 6.92 Å². The normalized spacial score (nSPS) is 13.8. The Hall–Kier alpha value is -2.80. The third kappa shape index (κ3) is 2.74. The predicted molar refractivity (Wildman–Crippen MR) is 99.9 cm³/mol. The first-order valence-electron chi connectivity index (χ1n) is 8.27. The number of amides is 1. The molecule has 0 fully saturated rings. The third-order valence-corrected chi connectivity index (χ3v) is 6.04. The van der Waals surface area contributed by atoms with Crippen LogP contribution in [0.2, 0.25) is 0 Å². The molecule has 4 rings (SSSR count). The summed E-state index contributed by atoms with van der Waals surface area (Å²) in [7, 11) is -3.72. The molecule has 2 aromatic carbocycles. The summed E-state index contributed by atoms with van der Waals surface area (Å²) in [5.74, 6) is -0.0405. The number of hydrogen-bond donors (Lipinski definition) is 1. The molecule has 2 heterocycles. The van der Waals surface area contributed by atoms with Gasteiger partial charge in [0, 0.05) is 30.2 Å². The first-order chi connectivity index (χ1) is 12.3. The highest BCUT2D eigenvalue weighted by Gasteiger charge is 2.25. The van der Waals surface area contributed by atoms with Crippen LogP contribution >= 0.6 is 0 Å². The molecule has 0 spiro atoms. The van der Waals surface area contributed by atoms with E-state index in [2.05, 4.69) is 4.72 Å². The SMILES string of the molecule is CC(=O)N1CCc2cc(S(=O)(=O)Nc3ccc4occ(C)c4c3)ccc21. The molecular formula is C19H18N2O4S. The third-order valence-electron chi connectivity index (χ3n) is 4.66. The molecule has 3 aromatic rings. The van der Waals surface area contributed by atoms with Crippen molar-refractivity contribution in [2.45, 2.75) is 25.2 Å². The molecule has 0 aliphatic carbocycles. The van der Waals surface area contributed by atoms with Crippen LogP contribution in [0.25, 0.3) is 11.0 Å².